The molecule has 0 aliphatic rings. The number of rotatable bonds is 12. The second kappa shape index (κ2) is 9.77. The van der Waals surface area contributed by atoms with Crippen LogP contribution in [0.15, 0.2) is 0 Å². The number of quaternary nitrogens is 2. The van der Waals surface area contributed by atoms with Gasteiger partial charge >= 0.3 is 0 Å². The van der Waals surface area contributed by atoms with Crippen molar-refractivity contribution in [1.29, 1.82) is 0 Å². The van der Waals surface area contributed by atoms with E-state index in [1.165, 1.54) is 75.7 Å². The quantitative estimate of drug-likeness (QED) is 0.373. The summed E-state index contributed by atoms with van der Waals surface area (Å²) in [5.41, 5.74) is 0. The van der Waals surface area contributed by atoms with Crippen LogP contribution in [0.3, 0.4) is 0 Å². The van der Waals surface area contributed by atoms with Gasteiger partial charge < -0.3 is 8.97 Å². The first-order valence-corrected chi connectivity index (χ1v) is 8.54. The van der Waals surface area contributed by atoms with E-state index in [0.717, 1.165) is 4.48 Å². The number of hydrogen-bond acceptors (Lipinski definition) is 0. The Morgan fingerprint density at radius 3 is 1.58 bits per heavy atom. The van der Waals surface area contributed by atoms with Crippen molar-refractivity contribution in [3.05, 3.63) is 0 Å². The zero-order valence-electron chi connectivity index (χ0n) is 14.7. The molecule has 0 bridgehead atoms. The zero-order valence-corrected chi connectivity index (χ0v) is 14.7. The molecule has 0 aliphatic carbocycles. The minimum Gasteiger partial charge on any atom is -0.331 e. The summed E-state index contributed by atoms with van der Waals surface area (Å²) in [4.78, 5) is 0. The standard InChI is InChI=1S/C17H40N2/c1-7-10-11-12-13-16-19(8-2,9-3)17-14-15-18(4,5)6/h7-17H2,1-6H3/q+2. The first kappa shape index (κ1) is 18.9. The van der Waals surface area contributed by atoms with E-state index in [1.54, 1.807) is 0 Å². The Kier molecular flexibility index (Phi) is 9.72. The van der Waals surface area contributed by atoms with Crippen LogP contribution in [-0.4, -0.2) is 62.8 Å². The Hall–Kier alpha value is -0.0800. The van der Waals surface area contributed by atoms with Crippen LogP contribution in [0, 0.1) is 0 Å². The molecule has 0 spiro atoms. The van der Waals surface area contributed by atoms with Gasteiger partial charge in [-0.3, -0.25) is 0 Å². The van der Waals surface area contributed by atoms with Gasteiger partial charge in [0.15, 0.2) is 0 Å². The molecule has 0 atom stereocenters. The van der Waals surface area contributed by atoms with Crippen molar-refractivity contribution in [1.82, 2.24) is 0 Å². The SMILES string of the molecule is CCCCCCC[N+](CC)(CC)CCC[N+](C)(C)C. The molecular formula is C17H40N2+2. The van der Waals surface area contributed by atoms with Gasteiger partial charge in [0, 0.05) is 6.42 Å². The van der Waals surface area contributed by atoms with Crippen molar-refractivity contribution < 1.29 is 8.97 Å². The Labute approximate surface area is 123 Å². The van der Waals surface area contributed by atoms with E-state index < -0.39 is 0 Å². The lowest BCUT2D eigenvalue weighted by Crippen LogP contribution is -2.50. The molecule has 0 radical (unpaired) electrons. The monoisotopic (exact) mass is 272 g/mol. The van der Waals surface area contributed by atoms with E-state index >= 15 is 0 Å². The summed E-state index contributed by atoms with van der Waals surface area (Å²) in [6, 6.07) is 0. The summed E-state index contributed by atoms with van der Waals surface area (Å²) >= 11 is 0. The molecule has 2 heteroatoms. The van der Waals surface area contributed by atoms with E-state index in [-0.39, 0.29) is 0 Å². The van der Waals surface area contributed by atoms with Gasteiger partial charge in [-0.25, -0.2) is 0 Å². The minimum absolute atomic E-state index is 1.10. The van der Waals surface area contributed by atoms with Crippen molar-refractivity contribution in [2.75, 3.05) is 53.9 Å². The maximum Gasteiger partial charge on any atom is 0.0840 e. The van der Waals surface area contributed by atoms with E-state index in [4.69, 9.17) is 0 Å². The van der Waals surface area contributed by atoms with Crippen molar-refractivity contribution in [2.45, 2.75) is 59.3 Å². The minimum atomic E-state index is 1.10. The van der Waals surface area contributed by atoms with Crippen LogP contribution in [-0.2, 0) is 0 Å². The van der Waals surface area contributed by atoms with Gasteiger partial charge in [0.2, 0.25) is 0 Å². The third-order valence-electron chi connectivity index (χ3n) is 4.54. The second-order valence-corrected chi connectivity index (χ2v) is 7.20. The smallest absolute Gasteiger partial charge is 0.0840 e. The summed E-state index contributed by atoms with van der Waals surface area (Å²) in [5.74, 6) is 0. The lowest BCUT2D eigenvalue weighted by Gasteiger charge is -2.38. The largest absolute Gasteiger partial charge is 0.331 e. The topological polar surface area (TPSA) is 0 Å². The zero-order chi connectivity index (χ0) is 14.8. The van der Waals surface area contributed by atoms with Crippen LogP contribution in [0.5, 0.6) is 0 Å². The van der Waals surface area contributed by atoms with Crippen LogP contribution in [0.4, 0.5) is 0 Å². The highest BCUT2D eigenvalue weighted by Gasteiger charge is 2.23. The Morgan fingerprint density at radius 2 is 1.11 bits per heavy atom. The Bertz CT molecular complexity index is 202. The van der Waals surface area contributed by atoms with E-state index in [9.17, 15) is 0 Å². The third kappa shape index (κ3) is 9.45. The maximum absolute atomic E-state index is 2.38. The number of hydrogen-bond donors (Lipinski definition) is 0. The summed E-state index contributed by atoms with van der Waals surface area (Å²) in [6.45, 7) is 13.7. The molecular weight excluding hydrogens is 232 g/mol. The average Bonchev–Trinajstić information content (AvgIpc) is 2.35. The fraction of sp³-hybridized carbons (Fsp3) is 1.00. The highest BCUT2D eigenvalue weighted by Crippen LogP contribution is 2.13. The molecule has 0 saturated carbocycles. The summed E-state index contributed by atoms with van der Waals surface area (Å²) in [5, 5.41) is 0. The predicted octanol–water partition coefficient (Wildman–Crippen LogP) is 3.91. The van der Waals surface area contributed by atoms with Crippen molar-refractivity contribution in [2.24, 2.45) is 0 Å². The molecule has 0 amide bonds. The molecule has 0 saturated heterocycles. The van der Waals surface area contributed by atoms with Gasteiger partial charge in [-0.15, -0.1) is 0 Å². The van der Waals surface area contributed by atoms with Crippen molar-refractivity contribution in [3.63, 3.8) is 0 Å². The first-order valence-electron chi connectivity index (χ1n) is 8.54. The normalized spacial score (nSPS) is 12.9. The molecule has 0 heterocycles. The van der Waals surface area contributed by atoms with Gasteiger partial charge in [-0.1, -0.05) is 26.2 Å². The molecule has 0 aromatic rings. The molecule has 19 heavy (non-hydrogen) atoms. The summed E-state index contributed by atoms with van der Waals surface area (Å²) in [7, 11) is 6.91. The lowest BCUT2D eigenvalue weighted by molar-refractivity contribution is -0.930. The van der Waals surface area contributed by atoms with Crippen LogP contribution in [0.25, 0.3) is 0 Å². The summed E-state index contributed by atoms with van der Waals surface area (Å²) < 4.78 is 2.44. The van der Waals surface area contributed by atoms with E-state index in [1.807, 2.05) is 0 Å². The summed E-state index contributed by atoms with van der Waals surface area (Å²) in [6.07, 6.45) is 8.42. The molecule has 116 valence electrons. The van der Waals surface area contributed by atoms with Crippen LogP contribution < -0.4 is 0 Å². The van der Waals surface area contributed by atoms with E-state index in [2.05, 4.69) is 41.9 Å². The fourth-order valence-electron chi connectivity index (χ4n) is 2.90. The van der Waals surface area contributed by atoms with Crippen molar-refractivity contribution >= 4 is 0 Å². The Morgan fingerprint density at radius 1 is 0.579 bits per heavy atom. The molecule has 0 N–H and O–H groups in total. The van der Waals surface area contributed by atoms with Crippen molar-refractivity contribution in [3.8, 4) is 0 Å². The molecule has 0 unspecified atom stereocenters. The number of nitrogens with zero attached hydrogens (tertiary/aromatic N) is 2. The van der Waals surface area contributed by atoms with Crippen LogP contribution in [0.1, 0.15) is 59.3 Å². The Balaban J connectivity index is 4.04. The first-order chi connectivity index (χ1) is 8.89. The average molecular weight is 273 g/mol. The van der Waals surface area contributed by atoms with Gasteiger partial charge in [0.1, 0.15) is 0 Å². The molecule has 0 rings (SSSR count). The molecule has 0 fully saturated rings. The molecule has 2 nitrogen and oxygen atoms in total. The highest BCUT2D eigenvalue weighted by molar-refractivity contribution is 4.47. The van der Waals surface area contributed by atoms with Gasteiger partial charge in [0.05, 0.1) is 53.9 Å². The maximum atomic E-state index is 2.38. The van der Waals surface area contributed by atoms with Crippen LogP contribution >= 0.6 is 0 Å². The highest BCUT2D eigenvalue weighted by atomic mass is 15.3. The van der Waals surface area contributed by atoms with Crippen LogP contribution in [0.2, 0.25) is 0 Å². The fourth-order valence-corrected chi connectivity index (χ4v) is 2.90. The van der Waals surface area contributed by atoms with Gasteiger partial charge in [0.25, 0.3) is 0 Å². The molecule has 0 aliphatic heterocycles. The molecule has 0 aromatic heterocycles. The second-order valence-electron chi connectivity index (χ2n) is 7.20. The third-order valence-corrected chi connectivity index (χ3v) is 4.54. The van der Waals surface area contributed by atoms with Gasteiger partial charge in [-0.2, -0.15) is 0 Å². The van der Waals surface area contributed by atoms with Gasteiger partial charge in [-0.05, 0) is 26.7 Å². The number of unbranched alkanes of at least 4 members (excludes halogenated alkanes) is 4. The lowest BCUT2D eigenvalue weighted by atomic mass is 10.1. The van der Waals surface area contributed by atoms with E-state index in [0.29, 0.717) is 0 Å². The molecule has 0 aromatic carbocycles. The predicted molar refractivity (Wildman–Crippen MR) is 87.4 cm³/mol.